The number of hydrogen-bond acceptors (Lipinski definition) is 6. The summed E-state index contributed by atoms with van der Waals surface area (Å²) in [5, 5.41) is 0. The van der Waals surface area contributed by atoms with E-state index in [4.69, 9.17) is 18.1 Å². The first-order chi connectivity index (χ1) is 5.62. The Morgan fingerprint density at radius 1 is 0.929 bits per heavy atom. The van der Waals surface area contributed by atoms with Crippen molar-refractivity contribution in [1.29, 1.82) is 0 Å². The quantitative estimate of drug-likeness (QED) is 0.472. The molecule has 0 radical (unpaired) electrons. The van der Waals surface area contributed by atoms with Crippen molar-refractivity contribution in [2.75, 3.05) is 11.5 Å². The maximum absolute atomic E-state index is 9.72. The summed E-state index contributed by atoms with van der Waals surface area (Å²) >= 11 is -0.639. The van der Waals surface area contributed by atoms with E-state index in [1.807, 2.05) is 0 Å². The normalized spacial score (nSPS) is 10.3. The van der Waals surface area contributed by atoms with Crippen molar-refractivity contribution in [2.45, 2.75) is 0 Å². The van der Waals surface area contributed by atoms with Gasteiger partial charge in [0.1, 0.15) is 0 Å². The van der Waals surface area contributed by atoms with Gasteiger partial charge in [0, 0.05) is 0 Å². The summed E-state index contributed by atoms with van der Waals surface area (Å²) in [7, 11) is 0.633. The van der Waals surface area contributed by atoms with Crippen LogP contribution in [0.25, 0.3) is 0 Å². The first-order valence-electron chi connectivity index (χ1n) is 2.61. The van der Waals surface area contributed by atoms with Crippen LogP contribution in [0.15, 0.2) is 0 Å². The zero-order valence-corrected chi connectivity index (χ0v) is 12.8. The number of rotatable bonds is 3. The molecule has 0 heterocycles. The van der Waals surface area contributed by atoms with E-state index in [9.17, 15) is 25.9 Å². The van der Waals surface area contributed by atoms with Crippen LogP contribution in [-0.2, 0) is 20.2 Å². The zero-order valence-electron chi connectivity index (χ0n) is 6.85. The summed E-state index contributed by atoms with van der Waals surface area (Å²) in [6.45, 7) is 0. The standard InChI is InChI=1S/C2H6O6S2.2ClH.2Mg/c3-9(4,5)1-2-10(6,7)8;;;;/h1-2H2,(H,3,4,5)(H,6,7,8);2*1H;;/q;;;2*+2/p-4. The molecule has 0 aromatic rings. The summed E-state index contributed by atoms with van der Waals surface area (Å²) < 4.78 is 58.3. The Morgan fingerprint density at radius 2 is 1.07 bits per heavy atom. The average molecular weight is 308 g/mol. The minimum absolute atomic E-state index is 0. The first-order valence-corrected chi connectivity index (χ1v) is 10.0. The van der Waals surface area contributed by atoms with E-state index in [-0.39, 0.29) is 23.1 Å². The SMILES string of the molecule is O=S(=O)([O-])CCS(=O)(=O)[O-].[Cl][Mg][Cl].[Mg+2]. The van der Waals surface area contributed by atoms with Crippen LogP contribution < -0.4 is 0 Å². The van der Waals surface area contributed by atoms with Crippen molar-refractivity contribution in [2.24, 2.45) is 0 Å². The number of halogens is 2. The molecule has 0 aromatic heterocycles. The summed E-state index contributed by atoms with van der Waals surface area (Å²) in [6.07, 6.45) is 0. The van der Waals surface area contributed by atoms with Crippen molar-refractivity contribution in [3.8, 4) is 0 Å². The van der Waals surface area contributed by atoms with Crippen molar-refractivity contribution in [3.63, 3.8) is 0 Å². The van der Waals surface area contributed by atoms with Gasteiger partial charge in [0.25, 0.3) is 0 Å². The largest absolute Gasteiger partial charge is 2.00 e. The van der Waals surface area contributed by atoms with Crippen LogP contribution in [0.5, 0.6) is 0 Å². The Morgan fingerprint density at radius 3 is 1.14 bits per heavy atom. The molecule has 0 unspecified atom stereocenters. The fourth-order valence-electron chi connectivity index (χ4n) is 0.204. The van der Waals surface area contributed by atoms with Crippen molar-refractivity contribution >= 4 is 79.6 Å². The molecule has 6 nitrogen and oxygen atoms in total. The molecule has 0 saturated carbocycles. The molecule has 14 heavy (non-hydrogen) atoms. The molecular formula is C2H4Cl2Mg2O6S2. The molecule has 0 aliphatic carbocycles. The summed E-state index contributed by atoms with van der Waals surface area (Å²) in [6, 6.07) is 0. The third-order valence-corrected chi connectivity index (χ3v) is 2.25. The van der Waals surface area contributed by atoms with Crippen LogP contribution in [0, 0.1) is 0 Å². The van der Waals surface area contributed by atoms with Crippen LogP contribution in [0.3, 0.4) is 0 Å². The van der Waals surface area contributed by atoms with Crippen LogP contribution in [0.4, 0.5) is 0 Å². The van der Waals surface area contributed by atoms with Crippen LogP contribution in [-0.4, -0.2) is 78.7 Å². The molecule has 0 aliphatic heterocycles. The van der Waals surface area contributed by atoms with E-state index in [0.29, 0.717) is 0 Å². The average Bonchev–Trinajstić information content (AvgIpc) is 1.82. The van der Waals surface area contributed by atoms with Crippen LogP contribution >= 0.6 is 18.1 Å². The fraction of sp³-hybridized carbons (Fsp3) is 1.00. The van der Waals surface area contributed by atoms with E-state index in [2.05, 4.69) is 0 Å². The van der Waals surface area contributed by atoms with Gasteiger partial charge < -0.3 is 27.2 Å². The van der Waals surface area contributed by atoms with Crippen molar-refractivity contribution in [3.05, 3.63) is 0 Å². The summed E-state index contributed by atoms with van der Waals surface area (Å²) in [5.74, 6) is -2.31. The van der Waals surface area contributed by atoms with Crippen molar-refractivity contribution in [1.82, 2.24) is 0 Å². The third-order valence-electron chi connectivity index (χ3n) is 0.583. The zero-order chi connectivity index (χ0) is 11.1. The maximum atomic E-state index is 9.72. The molecule has 78 valence electrons. The van der Waals surface area contributed by atoms with Gasteiger partial charge in [-0.05, 0) is 0 Å². The molecule has 0 amide bonds. The molecule has 0 aromatic carbocycles. The molecule has 0 atom stereocenters. The smallest absolute Gasteiger partial charge is 0.748 e. The molecule has 0 saturated heterocycles. The number of hydrogen-bond donors (Lipinski definition) is 0. The predicted molar refractivity (Wildman–Crippen MR) is 52.3 cm³/mol. The van der Waals surface area contributed by atoms with Gasteiger partial charge in [0.2, 0.25) is 0 Å². The van der Waals surface area contributed by atoms with E-state index in [0.717, 1.165) is 0 Å². The van der Waals surface area contributed by atoms with E-state index < -0.39 is 49.9 Å². The van der Waals surface area contributed by atoms with E-state index >= 15 is 0 Å². The predicted octanol–water partition coefficient (Wildman–Crippen LogP) is -1.31. The second-order valence-electron chi connectivity index (χ2n) is 1.62. The second-order valence-corrected chi connectivity index (χ2v) is 7.30. The van der Waals surface area contributed by atoms with Gasteiger partial charge in [0.05, 0.1) is 31.7 Å². The Hall–Kier alpha value is 1.93. The summed E-state index contributed by atoms with van der Waals surface area (Å²) in [4.78, 5) is 0. The molecular weight excluding hydrogens is 304 g/mol. The Balaban J connectivity index is -0.000000267. The van der Waals surface area contributed by atoms with E-state index in [1.165, 1.54) is 0 Å². The fourth-order valence-corrected chi connectivity index (χ4v) is 1.84. The van der Waals surface area contributed by atoms with Crippen LogP contribution in [0.1, 0.15) is 0 Å². The Kier molecular flexibility index (Phi) is 15.3. The van der Waals surface area contributed by atoms with Gasteiger partial charge in [-0.3, -0.25) is 0 Å². The molecule has 0 aliphatic rings. The molecule has 0 N–H and O–H groups in total. The van der Waals surface area contributed by atoms with Gasteiger partial charge in [0.15, 0.2) is 0 Å². The third kappa shape index (κ3) is 29.2. The first kappa shape index (κ1) is 21.2. The van der Waals surface area contributed by atoms with Gasteiger partial charge >= 0.3 is 41.2 Å². The molecule has 0 rings (SSSR count). The minimum Gasteiger partial charge on any atom is -0.748 e. The molecule has 0 spiro atoms. The second kappa shape index (κ2) is 10.1. The Labute approximate surface area is 116 Å². The summed E-state index contributed by atoms with van der Waals surface area (Å²) in [5.41, 5.74) is 0. The Bertz CT molecular complexity index is 279. The van der Waals surface area contributed by atoms with Gasteiger partial charge in [-0.25, -0.2) is 16.8 Å². The topological polar surface area (TPSA) is 114 Å². The van der Waals surface area contributed by atoms with Gasteiger partial charge in [-0.1, -0.05) is 0 Å². The van der Waals surface area contributed by atoms with Gasteiger partial charge in [-0.15, -0.1) is 0 Å². The molecule has 12 heteroatoms. The maximum Gasteiger partial charge on any atom is 2.00 e. The van der Waals surface area contributed by atoms with E-state index in [1.54, 1.807) is 0 Å². The molecule has 0 bridgehead atoms. The minimum atomic E-state index is -4.59. The monoisotopic (exact) mass is 306 g/mol. The van der Waals surface area contributed by atoms with Crippen molar-refractivity contribution < 1.29 is 25.9 Å². The van der Waals surface area contributed by atoms with Crippen LogP contribution in [0.2, 0.25) is 0 Å². The molecule has 0 fully saturated rings. The van der Waals surface area contributed by atoms with Gasteiger partial charge in [-0.2, -0.15) is 0 Å².